The van der Waals surface area contributed by atoms with Gasteiger partial charge in [-0.15, -0.1) is 0 Å². The number of nitrogens with zero attached hydrogens (tertiary/aromatic N) is 3. The summed E-state index contributed by atoms with van der Waals surface area (Å²) in [4.78, 5) is 31.2. The fourth-order valence-corrected chi connectivity index (χ4v) is 3.83. The third kappa shape index (κ3) is 4.22. The van der Waals surface area contributed by atoms with Crippen LogP contribution in [0.3, 0.4) is 0 Å². The highest BCUT2D eigenvalue weighted by atomic mass is 35.5. The fourth-order valence-electron chi connectivity index (χ4n) is 3.71. The monoisotopic (exact) mass is 439 g/mol. The van der Waals surface area contributed by atoms with E-state index in [-0.39, 0.29) is 17.9 Å². The van der Waals surface area contributed by atoms with Gasteiger partial charge >= 0.3 is 0 Å². The molecule has 0 aliphatic carbocycles. The molecular weight excluding hydrogens is 421 g/mol. The average Bonchev–Trinajstić information content (AvgIpc) is 3.37. The lowest BCUT2D eigenvalue weighted by Gasteiger charge is -2.25. The highest BCUT2D eigenvalue weighted by Gasteiger charge is 2.45. The van der Waals surface area contributed by atoms with Gasteiger partial charge in [0.15, 0.2) is 0 Å². The summed E-state index contributed by atoms with van der Waals surface area (Å²) in [7, 11) is 0. The molecule has 8 heteroatoms. The molecule has 3 aromatic rings. The van der Waals surface area contributed by atoms with Crippen LogP contribution in [0, 0.1) is 5.82 Å². The van der Waals surface area contributed by atoms with E-state index in [0.29, 0.717) is 29.1 Å². The minimum atomic E-state index is -0.820. The van der Waals surface area contributed by atoms with E-state index in [2.05, 4.69) is 4.98 Å². The first-order valence-corrected chi connectivity index (χ1v) is 10.1. The molecule has 1 amide bonds. The van der Waals surface area contributed by atoms with E-state index in [1.807, 2.05) is 10.8 Å². The smallest absolute Gasteiger partial charge is 0.295 e. The Morgan fingerprint density at radius 2 is 1.77 bits per heavy atom. The number of carbonyl (C=O) groups excluding carboxylic acids is 2. The lowest BCUT2D eigenvalue weighted by atomic mass is 9.95. The van der Waals surface area contributed by atoms with Gasteiger partial charge < -0.3 is 14.6 Å². The maximum absolute atomic E-state index is 13.5. The molecule has 1 N–H and O–H groups in total. The second-order valence-corrected chi connectivity index (χ2v) is 7.64. The van der Waals surface area contributed by atoms with Crippen molar-refractivity contribution in [3.63, 3.8) is 0 Å². The number of halogens is 2. The van der Waals surface area contributed by atoms with Crippen LogP contribution < -0.4 is 0 Å². The molecule has 1 fully saturated rings. The number of aromatic nitrogens is 2. The molecule has 1 atom stereocenters. The lowest BCUT2D eigenvalue weighted by Crippen LogP contribution is -2.31. The van der Waals surface area contributed by atoms with Crippen LogP contribution in [-0.4, -0.2) is 37.8 Å². The number of hydrogen-bond acceptors (Lipinski definition) is 4. The van der Waals surface area contributed by atoms with Crippen LogP contribution in [0.15, 0.2) is 72.8 Å². The molecule has 1 saturated heterocycles. The predicted molar refractivity (Wildman–Crippen MR) is 114 cm³/mol. The van der Waals surface area contributed by atoms with Crippen LogP contribution in [0.25, 0.3) is 5.76 Å². The van der Waals surface area contributed by atoms with Crippen LogP contribution in [0.5, 0.6) is 0 Å². The molecule has 0 radical (unpaired) electrons. The average molecular weight is 440 g/mol. The third-order valence-corrected chi connectivity index (χ3v) is 5.47. The van der Waals surface area contributed by atoms with Gasteiger partial charge in [-0.05, 0) is 48.4 Å². The van der Waals surface area contributed by atoms with Crippen LogP contribution in [-0.2, 0) is 16.1 Å². The number of carbonyl (C=O) groups is 2. The molecule has 0 unspecified atom stereocenters. The fraction of sp³-hybridized carbons (Fsp3) is 0.174. The quantitative estimate of drug-likeness (QED) is 0.355. The van der Waals surface area contributed by atoms with E-state index in [1.165, 1.54) is 29.2 Å². The molecule has 31 heavy (non-hydrogen) atoms. The van der Waals surface area contributed by atoms with Crippen molar-refractivity contribution in [2.45, 2.75) is 19.0 Å². The Kier molecular flexibility index (Phi) is 5.86. The van der Waals surface area contributed by atoms with Gasteiger partial charge in [0.1, 0.15) is 11.6 Å². The molecule has 1 aliphatic heterocycles. The summed E-state index contributed by atoms with van der Waals surface area (Å²) in [5, 5.41) is 11.4. The minimum absolute atomic E-state index is 0.0263. The number of imidazole rings is 1. The van der Waals surface area contributed by atoms with E-state index in [4.69, 9.17) is 11.6 Å². The number of benzene rings is 2. The van der Waals surface area contributed by atoms with Gasteiger partial charge in [0, 0.05) is 36.1 Å². The molecule has 6 nitrogen and oxygen atoms in total. The molecule has 0 saturated carbocycles. The number of aliphatic hydroxyl groups is 1. The largest absolute Gasteiger partial charge is 0.507 e. The van der Waals surface area contributed by atoms with Crippen molar-refractivity contribution >= 4 is 29.1 Å². The number of Topliss-reactive ketones (excluding diaryl/α,β-unsaturated/α-hetero) is 1. The summed E-state index contributed by atoms with van der Waals surface area (Å²) in [6.07, 6.45) is 5.72. The van der Waals surface area contributed by atoms with Crippen molar-refractivity contribution in [1.29, 1.82) is 0 Å². The number of aryl methyl sites for hydroxylation is 1. The van der Waals surface area contributed by atoms with Gasteiger partial charge in [-0.25, -0.2) is 9.37 Å². The zero-order chi connectivity index (χ0) is 22.0. The van der Waals surface area contributed by atoms with Crippen LogP contribution >= 0.6 is 11.6 Å². The number of likely N-dealkylation sites (tertiary alicyclic amines) is 1. The molecule has 1 aromatic heterocycles. The van der Waals surface area contributed by atoms with Gasteiger partial charge in [-0.2, -0.15) is 0 Å². The second-order valence-electron chi connectivity index (χ2n) is 7.20. The first-order valence-electron chi connectivity index (χ1n) is 9.71. The van der Waals surface area contributed by atoms with Gasteiger partial charge in [0.25, 0.3) is 11.7 Å². The first-order chi connectivity index (χ1) is 15.0. The van der Waals surface area contributed by atoms with Crippen molar-refractivity contribution in [3.8, 4) is 0 Å². The second kappa shape index (κ2) is 8.73. The van der Waals surface area contributed by atoms with E-state index >= 15 is 0 Å². The Hall–Kier alpha value is -3.45. The van der Waals surface area contributed by atoms with Crippen molar-refractivity contribution < 1.29 is 19.1 Å². The van der Waals surface area contributed by atoms with E-state index in [1.54, 1.807) is 36.8 Å². The van der Waals surface area contributed by atoms with Crippen LogP contribution in [0.4, 0.5) is 4.39 Å². The SMILES string of the molecule is O=C1C(=O)N(CCCn2ccnc2)[C@H](c2ccc(F)cc2)/C1=C(\O)c1ccc(Cl)cc1. The summed E-state index contributed by atoms with van der Waals surface area (Å²) in [5.41, 5.74) is 0.883. The first kappa shape index (κ1) is 20.8. The molecular formula is C23H19ClFN3O3. The summed E-state index contributed by atoms with van der Waals surface area (Å²) in [6, 6.07) is 11.1. The minimum Gasteiger partial charge on any atom is -0.507 e. The summed E-state index contributed by atoms with van der Waals surface area (Å²) in [5.74, 6) is -2.19. The Balaban J connectivity index is 1.72. The summed E-state index contributed by atoms with van der Waals surface area (Å²) >= 11 is 5.92. The molecule has 158 valence electrons. The Morgan fingerprint density at radius 3 is 2.42 bits per heavy atom. The third-order valence-electron chi connectivity index (χ3n) is 5.22. The van der Waals surface area contributed by atoms with E-state index in [9.17, 15) is 19.1 Å². The normalized spacial score (nSPS) is 18.0. The molecule has 1 aliphatic rings. The molecule has 4 rings (SSSR count). The topological polar surface area (TPSA) is 75.4 Å². The summed E-state index contributed by atoms with van der Waals surface area (Å²) in [6.45, 7) is 0.887. The summed E-state index contributed by atoms with van der Waals surface area (Å²) < 4.78 is 15.4. The maximum Gasteiger partial charge on any atom is 0.295 e. The Labute approximate surface area is 183 Å². The van der Waals surface area contributed by atoms with Gasteiger partial charge in [0.05, 0.1) is 17.9 Å². The predicted octanol–water partition coefficient (Wildman–Crippen LogP) is 4.19. The number of aliphatic hydroxyl groups excluding tert-OH is 1. The standard InChI is InChI=1S/C23H19ClFN3O3/c24-17-6-2-16(3-7-17)21(29)19-20(15-4-8-18(25)9-5-15)28(23(31)22(19)30)12-1-11-27-13-10-26-14-27/h2-10,13-14,20,29H,1,11-12H2/b21-19+/t20-/m1/s1. The van der Waals surface area contributed by atoms with E-state index < -0.39 is 23.5 Å². The number of rotatable bonds is 6. The molecule has 0 spiro atoms. The van der Waals surface area contributed by atoms with Crippen molar-refractivity contribution in [3.05, 3.63) is 94.8 Å². The van der Waals surface area contributed by atoms with Crippen molar-refractivity contribution in [1.82, 2.24) is 14.5 Å². The zero-order valence-corrected chi connectivity index (χ0v) is 17.2. The molecule has 2 aromatic carbocycles. The number of ketones is 1. The van der Waals surface area contributed by atoms with Gasteiger partial charge in [-0.3, -0.25) is 9.59 Å². The van der Waals surface area contributed by atoms with Crippen LogP contribution in [0.2, 0.25) is 5.02 Å². The maximum atomic E-state index is 13.5. The molecule has 0 bridgehead atoms. The highest BCUT2D eigenvalue weighted by molar-refractivity contribution is 6.46. The Morgan fingerprint density at radius 1 is 1.06 bits per heavy atom. The van der Waals surface area contributed by atoms with Gasteiger partial charge in [-0.1, -0.05) is 23.7 Å². The Bertz CT molecular complexity index is 1130. The lowest BCUT2D eigenvalue weighted by molar-refractivity contribution is -0.139. The van der Waals surface area contributed by atoms with E-state index in [0.717, 1.165) is 0 Å². The number of amides is 1. The van der Waals surface area contributed by atoms with Crippen LogP contribution in [0.1, 0.15) is 23.6 Å². The van der Waals surface area contributed by atoms with Crippen molar-refractivity contribution in [2.24, 2.45) is 0 Å². The zero-order valence-electron chi connectivity index (χ0n) is 16.4. The highest BCUT2D eigenvalue weighted by Crippen LogP contribution is 2.39. The molecule has 2 heterocycles. The number of hydrogen-bond donors (Lipinski definition) is 1. The van der Waals surface area contributed by atoms with Gasteiger partial charge in [0.2, 0.25) is 0 Å². The van der Waals surface area contributed by atoms with Crippen molar-refractivity contribution in [2.75, 3.05) is 6.54 Å².